The van der Waals surface area contributed by atoms with Gasteiger partial charge in [0, 0.05) is 31.3 Å². The van der Waals surface area contributed by atoms with E-state index in [1.807, 2.05) is 23.5 Å². The maximum atomic E-state index is 5.01. The number of rotatable bonds is 4. The van der Waals surface area contributed by atoms with Crippen molar-refractivity contribution in [3.63, 3.8) is 0 Å². The largest absolute Gasteiger partial charge is 0.248 e. The third-order valence-corrected chi connectivity index (χ3v) is 8.04. The predicted octanol–water partition coefficient (Wildman–Crippen LogP) is 10.1. The molecule has 2 heterocycles. The van der Waals surface area contributed by atoms with Gasteiger partial charge in [-0.25, -0.2) is 4.98 Å². The molecule has 0 bridgehead atoms. The van der Waals surface area contributed by atoms with Gasteiger partial charge in [0.25, 0.3) is 0 Å². The van der Waals surface area contributed by atoms with Crippen LogP contribution in [0.1, 0.15) is 0 Å². The number of thiophene rings is 1. The van der Waals surface area contributed by atoms with E-state index in [1.54, 1.807) is 0 Å². The average molecular weight is 490 g/mol. The number of hydrogen-bond acceptors (Lipinski definition) is 2. The highest BCUT2D eigenvalue weighted by Gasteiger charge is 2.10. The van der Waals surface area contributed by atoms with Gasteiger partial charge < -0.3 is 0 Å². The first-order valence-electron chi connectivity index (χ1n) is 12.5. The molecule has 0 spiro atoms. The van der Waals surface area contributed by atoms with Crippen molar-refractivity contribution in [1.29, 1.82) is 0 Å². The van der Waals surface area contributed by atoms with Crippen LogP contribution in [-0.4, -0.2) is 4.98 Å². The van der Waals surface area contributed by atoms with Gasteiger partial charge in [0.2, 0.25) is 0 Å². The van der Waals surface area contributed by atoms with E-state index in [1.165, 1.54) is 42.4 Å². The lowest BCUT2D eigenvalue weighted by Gasteiger charge is -2.11. The van der Waals surface area contributed by atoms with Crippen LogP contribution in [0.4, 0.5) is 0 Å². The molecule has 5 aromatic carbocycles. The molecule has 0 amide bonds. The molecule has 0 radical (unpaired) electrons. The van der Waals surface area contributed by atoms with Crippen molar-refractivity contribution in [2.45, 2.75) is 0 Å². The van der Waals surface area contributed by atoms with Crippen LogP contribution < -0.4 is 0 Å². The van der Waals surface area contributed by atoms with Gasteiger partial charge in [-0.05, 0) is 52.6 Å². The number of nitrogens with zero attached hydrogens (tertiary/aromatic N) is 1. The molecule has 174 valence electrons. The van der Waals surface area contributed by atoms with Gasteiger partial charge in [-0.15, -0.1) is 11.3 Å². The number of benzene rings is 5. The quantitative estimate of drug-likeness (QED) is 0.240. The molecule has 0 saturated carbocycles. The molecule has 0 saturated heterocycles. The van der Waals surface area contributed by atoms with E-state index in [9.17, 15) is 0 Å². The summed E-state index contributed by atoms with van der Waals surface area (Å²) >= 11 is 1.86. The van der Waals surface area contributed by atoms with Crippen LogP contribution >= 0.6 is 11.3 Å². The van der Waals surface area contributed by atoms with E-state index in [4.69, 9.17) is 4.98 Å². The lowest BCUT2D eigenvalue weighted by molar-refractivity contribution is 1.32. The molecule has 0 fully saturated rings. The summed E-state index contributed by atoms with van der Waals surface area (Å²) in [7, 11) is 0. The van der Waals surface area contributed by atoms with Crippen molar-refractivity contribution in [2.75, 3.05) is 0 Å². The zero-order valence-corrected chi connectivity index (χ0v) is 21.0. The highest BCUT2D eigenvalue weighted by Crippen LogP contribution is 2.37. The minimum atomic E-state index is 0.982. The smallest absolute Gasteiger partial charge is 0.0715 e. The standard InChI is InChI=1S/C35H23NS/c1-3-9-26(10-4-1)32-22-29(23-33(36-32)27-11-5-2-6-12-27)25-17-15-24(16-18-25)28-19-20-35-31(21-28)30-13-7-8-14-34(30)37-35/h1-23H. The average Bonchev–Trinajstić information content (AvgIpc) is 3.36. The second kappa shape index (κ2) is 9.16. The molecule has 7 aromatic rings. The second-order valence-electron chi connectivity index (χ2n) is 9.24. The highest BCUT2D eigenvalue weighted by atomic mass is 32.1. The second-order valence-corrected chi connectivity index (χ2v) is 10.3. The highest BCUT2D eigenvalue weighted by molar-refractivity contribution is 7.25. The predicted molar refractivity (Wildman–Crippen MR) is 159 cm³/mol. The van der Waals surface area contributed by atoms with Crippen molar-refractivity contribution in [1.82, 2.24) is 4.98 Å². The molecule has 37 heavy (non-hydrogen) atoms. The summed E-state index contributed by atoms with van der Waals surface area (Å²) in [5.41, 5.74) is 9.02. The Morgan fingerprint density at radius 2 is 0.865 bits per heavy atom. The minimum Gasteiger partial charge on any atom is -0.248 e. The van der Waals surface area contributed by atoms with Gasteiger partial charge in [-0.3, -0.25) is 0 Å². The maximum Gasteiger partial charge on any atom is 0.0715 e. The van der Waals surface area contributed by atoms with E-state index >= 15 is 0 Å². The van der Waals surface area contributed by atoms with Crippen LogP contribution in [0.2, 0.25) is 0 Å². The normalized spacial score (nSPS) is 11.2. The number of fused-ring (bicyclic) bond motifs is 3. The SMILES string of the molecule is c1ccc(-c2cc(-c3ccc(-c4ccc5sc6ccccc6c5c4)cc3)cc(-c3ccccc3)n2)cc1. The Morgan fingerprint density at radius 3 is 1.51 bits per heavy atom. The summed E-state index contributed by atoms with van der Waals surface area (Å²) in [6, 6.07) is 49.6. The molecular weight excluding hydrogens is 466 g/mol. The fourth-order valence-corrected chi connectivity index (χ4v) is 6.06. The van der Waals surface area contributed by atoms with Gasteiger partial charge in [0.05, 0.1) is 11.4 Å². The summed E-state index contributed by atoms with van der Waals surface area (Å²) in [5.74, 6) is 0. The maximum absolute atomic E-state index is 5.01. The Morgan fingerprint density at radius 1 is 0.351 bits per heavy atom. The van der Waals surface area contributed by atoms with Crippen LogP contribution in [0.5, 0.6) is 0 Å². The number of hydrogen-bond donors (Lipinski definition) is 0. The molecule has 0 unspecified atom stereocenters. The molecule has 0 atom stereocenters. The number of pyridine rings is 1. The molecule has 0 N–H and O–H groups in total. The van der Waals surface area contributed by atoms with Crippen LogP contribution in [0.15, 0.2) is 140 Å². The van der Waals surface area contributed by atoms with Gasteiger partial charge in [-0.2, -0.15) is 0 Å². The molecule has 0 aliphatic carbocycles. The lowest BCUT2D eigenvalue weighted by atomic mass is 9.97. The van der Waals surface area contributed by atoms with Crippen LogP contribution in [-0.2, 0) is 0 Å². The van der Waals surface area contributed by atoms with Crippen LogP contribution in [0.25, 0.3) is 64.9 Å². The molecule has 0 aliphatic rings. The van der Waals surface area contributed by atoms with E-state index < -0.39 is 0 Å². The summed E-state index contributed by atoms with van der Waals surface area (Å²) in [5, 5.41) is 2.66. The Labute approximate surface area is 220 Å². The van der Waals surface area contributed by atoms with Crippen molar-refractivity contribution in [2.24, 2.45) is 0 Å². The fraction of sp³-hybridized carbons (Fsp3) is 0. The first-order valence-corrected chi connectivity index (χ1v) is 13.3. The van der Waals surface area contributed by atoms with E-state index in [-0.39, 0.29) is 0 Å². The van der Waals surface area contributed by atoms with E-state index in [0.717, 1.165) is 22.5 Å². The van der Waals surface area contributed by atoms with Crippen molar-refractivity contribution >= 4 is 31.5 Å². The molecule has 0 aliphatic heterocycles. The van der Waals surface area contributed by atoms with E-state index in [2.05, 4.69) is 127 Å². The molecule has 1 nitrogen and oxygen atoms in total. The minimum absolute atomic E-state index is 0.982. The number of aromatic nitrogens is 1. The molecule has 2 heteroatoms. The zero-order valence-electron chi connectivity index (χ0n) is 20.1. The molecule has 7 rings (SSSR count). The first-order chi connectivity index (χ1) is 18.3. The van der Waals surface area contributed by atoms with Crippen LogP contribution in [0.3, 0.4) is 0 Å². The van der Waals surface area contributed by atoms with Gasteiger partial charge in [0.15, 0.2) is 0 Å². The van der Waals surface area contributed by atoms with Crippen molar-refractivity contribution < 1.29 is 0 Å². The third-order valence-electron chi connectivity index (χ3n) is 6.89. The fourth-order valence-electron chi connectivity index (χ4n) is 4.97. The van der Waals surface area contributed by atoms with Crippen molar-refractivity contribution in [3.8, 4) is 44.8 Å². The Kier molecular flexibility index (Phi) is 5.38. The Balaban J connectivity index is 1.30. The van der Waals surface area contributed by atoms with Crippen molar-refractivity contribution in [3.05, 3.63) is 140 Å². The summed E-state index contributed by atoms with van der Waals surface area (Å²) < 4.78 is 2.67. The Hall–Kier alpha value is -4.53. The van der Waals surface area contributed by atoms with Crippen LogP contribution in [0, 0.1) is 0 Å². The summed E-state index contributed by atoms with van der Waals surface area (Å²) in [6.45, 7) is 0. The van der Waals surface area contributed by atoms with Gasteiger partial charge in [-0.1, -0.05) is 109 Å². The molecular formula is C35H23NS. The summed E-state index contributed by atoms with van der Waals surface area (Å²) in [4.78, 5) is 5.01. The lowest BCUT2D eigenvalue weighted by Crippen LogP contribution is -1.91. The third kappa shape index (κ3) is 4.12. The zero-order chi connectivity index (χ0) is 24.6. The Bertz CT molecular complexity index is 1790. The van der Waals surface area contributed by atoms with Gasteiger partial charge >= 0.3 is 0 Å². The van der Waals surface area contributed by atoms with E-state index in [0.29, 0.717) is 0 Å². The molecule has 2 aromatic heterocycles. The summed E-state index contributed by atoms with van der Waals surface area (Å²) in [6.07, 6.45) is 0. The topological polar surface area (TPSA) is 12.9 Å². The van der Waals surface area contributed by atoms with Gasteiger partial charge in [0.1, 0.15) is 0 Å². The first kappa shape index (κ1) is 21.7. The monoisotopic (exact) mass is 489 g/mol.